The van der Waals surface area contributed by atoms with Gasteiger partial charge in [0.15, 0.2) is 0 Å². The van der Waals surface area contributed by atoms with Gasteiger partial charge in [0.2, 0.25) is 0 Å². The second kappa shape index (κ2) is 6.33. The molecule has 0 heterocycles. The van der Waals surface area contributed by atoms with Crippen LogP contribution in [0.15, 0.2) is 0 Å². The second-order valence-electron chi connectivity index (χ2n) is 2.35. The molecule has 1 atom stereocenters. The lowest BCUT2D eigenvalue weighted by Gasteiger charge is -2.18. The molecule has 0 fully saturated rings. The number of hydrogen-bond acceptors (Lipinski definition) is 3. The fourth-order valence-corrected chi connectivity index (χ4v) is 1.80. The van der Waals surface area contributed by atoms with Crippen molar-refractivity contribution in [2.24, 2.45) is 0 Å². The number of nitrogens with one attached hydrogen (secondary N) is 1. The number of ether oxygens (including phenoxy) is 1. The highest BCUT2D eigenvalue weighted by molar-refractivity contribution is 14.2. The fraction of sp³-hybridized carbons (Fsp3) is 0.714. The third kappa shape index (κ3) is 5.53. The van der Waals surface area contributed by atoms with Crippen LogP contribution in [0.25, 0.3) is 0 Å². The van der Waals surface area contributed by atoms with E-state index >= 15 is 0 Å². The molecule has 0 aromatic heterocycles. The van der Waals surface area contributed by atoms with Crippen LogP contribution in [-0.2, 0) is 9.53 Å². The third-order valence-corrected chi connectivity index (χ3v) is 2.47. The molecule has 84 valence electrons. The van der Waals surface area contributed by atoms with Crippen molar-refractivity contribution in [1.29, 1.82) is 0 Å². The summed E-state index contributed by atoms with van der Waals surface area (Å²) in [5.74, 6) is -0.847. The Morgan fingerprint density at radius 3 is 2.57 bits per heavy atom. The Bertz CT molecular complexity index is 208. The molecule has 14 heavy (non-hydrogen) atoms. The van der Waals surface area contributed by atoms with Crippen molar-refractivity contribution in [1.82, 2.24) is 3.53 Å². The number of halogens is 4. The second-order valence-corrected chi connectivity index (χ2v) is 3.73. The van der Waals surface area contributed by atoms with E-state index in [4.69, 9.17) is 0 Å². The van der Waals surface area contributed by atoms with Gasteiger partial charge in [0.05, 0.1) is 13.0 Å². The van der Waals surface area contributed by atoms with Crippen LogP contribution in [0.2, 0.25) is 0 Å². The van der Waals surface area contributed by atoms with E-state index in [1.165, 1.54) is 0 Å². The average Bonchev–Trinajstić information content (AvgIpc) is 2.02. The van der Waals surface area contributed by atoms with E-state index in [2.05, 4.69) is 12.8 Å². The maximum absolute atomic E-state index is 12.2. The molecular weight excluding hydrogens is 314 g/mol. The summed E-state index contributed by atoms with van der Waals surface area (Å²) in [5, 5.41) is 0. The lowest BCUT2D eigenvalue weighted by atomic mass is 10.2. The first-order valence-corrected chi connectivity index (χ1v) is 6.37. The van der Waals surface area contributed by atoms with Gasteiger partial charge < -0.3 is 4.74 Å². The lowest BCUT2D eigenvalue weighted by Crippen LogP contribution is -2.39. The Hall–Kier alpha value is -0.180. The van der Waals surface area contributed by atoms with E-state index in [1.54, 1.807) is 6.92 Å². The lowest BCUT2D eigenvalue weighted by molar-refractivity contribution is -0.165. The summed E-state index contributed by atoms with van der Waals surface area (Å²) >= 11 is -0.968. The molecule has 0 aromatic rings. The predicted molar refractivity (Wildman–Crippen MR) is 55.4 cm³/mol. The van der Waals surface area contributed by atoms with E-state index in [0.717, 1.165) is 0 Å². The number of hydrogen-bond donors (Lipinski definition) is 1. The van der Waals surface area contributed by atoms with Crippen molar-refractivity contribution < 1.29 is 22.7 Å². The minimum absolute atomic E-state index is 0.0861. The van der Waals surface area contributed by atoms with E-state index in [0.29, 0.717) is 0 Å². The van der Waals surface area contributed by atoms with Gasteiger partial charge in [-0.2, -0.15) is 13.2 Å². The molecule has 0 saturated heterocycles. The van der Waals surface area contributed by atoms with Gasteiger partial charge in [-0.25, -0.2) is 0 Å². The summed E-state index contributed by atoms with van der Waals surface area (Å²) in [5.41, 5.74) is 0. The summed E-state index contributed by atoms with van der Waals surface area (Å²) in [7, 11) is 0. The molecule has 0 aromatic carbocycles. The minimum atomic E-state index is -4.43. The number of rotatable bonds is 5. The first kappa shape index (κ1) is 13.8. The molecule has 0 amide bonds. The van der Waals surface area contributed by atoms with Crippen LogP contribution in [0.3, 0.4) is 0 Å². The van der Waals surface area contributed by atoms with Gasteiger partial charge in [-0.05, 0) is 27.9 Å². The largest absolute Gasteiger partial charge is 0.466 e. The van der Waals surface area contributed by atoms with E-state index in [1.807, 2.05) is 0 Å². The highest BCUT2D eigenvalue weighted by Gasteiger charge is 2.40. The quantitative estimate of drug-likeness (QED) is 0.476. The van der Waals surface area contributed by atoms with E-state index in [9.17, 15) is 18.0 Å². The van der Waals surface area contributed by atoms with E-state index in [-0.39, 0.29) is 6.61 Å². The Balaban J connectivity index is 4.23. The topological polar surface area (TPSA) is 38.3 Å². The number of alkyl halides is 3. The number of carbonyl (C=O) groups excluding carboxylic acids is 1. The molecule has 0 spiro atoms. The zero-order chi connectivity index (χ0) is 11.2. The van der Waals surface area contributed by atoms with Crippen LogP contribution in [0.4, 0.5) is 13.2 Å². The van der Waals surface area contributed by atoms with Crippen LogP contribution < -0.4 is 3.53 Å². The molecule has 0 rings (SSSR count). The standard InChI is InChI=1S/C7H11F3INO2/c1-3-14-6(13)4-5(12-11-2)7(8,9)10/h5,12H,2-4H2,1H3/t5-/m0/s1. The molecule has 7 heteroatoms. The maximum atomic E-state index is 12.2. The van der Waals surface area contributed by atoms with Crippen LogP contribution in [0, 0.1) is 0 Å². The van der Waals surface area contributed by atoms with Gasteiger partial charge in [-0.3, -0.25) is 8.32 Å². The monoisotopic (exact) mass is 325 g/mol. The van der Waals surface area contributed by atoms with Gasteiger partial charge in [-0.1, -0.05) is 4.51 Å². The van der Waals surface area contributed by atoms with Crippen molar-refractivity contribution in [2.45, 2.75) is 25.6 Å². The van der Waals surface area contributed by atoms with Crippen LogP contribution in [-0.4, -0.2) is 29.3 Å². The van der Waals surface area contributed by atoms with Gasteiger partial charge in [0.25, 0.3) is 0 Å². The smallest absolute Gasteiger partial charge is 0.405 e. The Kier molecular flexibility index (Phi) is 6.25. The van der Waals surface area contributed by atoms with Crippen molar-refractivity contribution in [3.63, 3.8) is 0 Å². The summed E-state index contributed by atoms with van der Waals surface area (Å²) < 4.78 is 46.6. The molecule has 0 unspecified atom stereocenters. The molecular formula is C7H11F3INO2. The molecule has 0 aliphatic rings. The molecule has 0 bridgehead atoms. The van der Waals surface area contributed by atoms with Crippen molar-refractivity contribution in [3.8, 4) is 0 Å². The van der Waals surface area contributed by atoms with Crippen LogP contribution in [0.5, 0.6) is 0 Å². The molecule has 0 aliphatic heterocycles. The van der Waals surface area contributed by atoms with Crippen molar-refractivity contribution in [2.75, 3.05) is 6.61 Å². The normalized spacial score (nSPS) is 13.7. The fourth-order valence-electron chi connectivity index (χ4n) is 0.696. The van der Waals surface area contributed by atoms with Crippen molar-refractivity contribution in [3.05, 3.63) is 0 Å². The Morgan fingerprint density at radius 1 is 1.64 bits per heavy atom. The van der Waals surface area contributed by atoms with Gasteiger partial charge in [-0.15, -0.1) is 0 Å². The van der Waals surface area contributed by atoms with E-state index < -0.39 is 45.6 Å². The zero-order valence-electron chi connectivity index (χ0n) is 7.53. The molecule has 0 radical (unpaired) electrons. The Labute approximate surface area is 90.1 Å². The molecule has 0 saturated carbocycles. The Morgan fingerprint density at radius 2 is 2.21 bits per heavy atom. The molecule has 1 N–H and O–H groups in total. The van der Waals surface area contributed by atoms with Gasteiger partial charge in [0, 0.05) is 0 Å². The number of esters is 1. The summed E-state index contributed by atoms with van der Waals surface area (Å²) in [4.78, 5) is 10.8. The first-order valence-electron chi connectivity index (χ1n) is 3.77. The first-order chi connectivity index (χ1) is 6.41. The third-order valence-electron chi connectivity index (χ3n) is 1.28. The molecule has 3 nitrogen and oxygen atoms in total. The van der Waals surface area contributed by atoms with Crippen LogP contribution >= 0.6 is 21.0 Å². The highest BCUT2D eigenvalue weighted by Crippen LogP contribution is 2.24. The average molecular weight is 325 g/mol. The SMILES string of the molecule is C=IN[C@@H](CC(=O)OCC)C(F)(F)F. The number of carbonyl (C=O) groups is 1. The summed E-state index contributed by atoms with van der Waals surface area (Å²) in [6, 6.07) is -1.83. The maximum Gasteiger partial charge on any atom is 0.405 e. The van der Waals surface area contributed by atoms with Gasteiger partial charge in [0.1, 0.15) is 6.04 Å². The summed E-state index contributed by atoms with van der Waals surface area (Å²) in [6.07, 6.45) is -5.11. The van der Waals surface area contributed by atoms with Gasteiger partial charge >= 0.3 is 12.1 Å². The molecule has 0 aliphatic carbocycles. The minimum Gasteiger partial charge on any atom is -0.466 e. The zero-order valence-corrected chi connectivity index (χ0v) is 9.68. The van der Waals surface area contributed by atoms with Crippen LogP contribution in [0.1, 0.15) is 13.3 Å². The van der Waals surface area contributed by atoms with Crippen molar-refractivity contribution >= 4 is 31.5 Å². The summed E-state index contributed by atoms with van der Waals surface area (Å²) in [6.45, 7) is 1.63. The highest BCUT2D eigenvalue weighted by atomic mass is 127. The predicted octanol–water partition coefficient (Wildman–Crippen LogP) is 1.78.